The maximum atomic E-state index is 10.7. The van der Waals surface area contributed by atoms with E-state index in [9.17, 15) is 10.1 Å². The van der Waals surface area contributed by atoms with Crippen LogP contribution in [0.15, 0.2) is 18.2 Å². The molecule has 1 N–H and O–H groups in total. The maximum Gasteiger partial charge on any atom is 0.272 e. The largest absolute Gasteiger partial charge is 0.493 e. The van der Waals surface area contributed by atoms with Crippen molar-refractivity contribution in [1.82, 2.24) is 5.32 Å². The predicted molar refractivity (Wildman–Crippen MR) is 71.0 cm³/mol. The first-order valence-electron chi connectivity index (χ1n) is 6.13. The normalized spacial score (nSPS) is 12.2. The second kappa shape index (κ2) is 6.96. The van der Waals surface area contributed by atoms with Crippen LogP contribution in [0.4, 0.5) is 5.69 Å². The number of hydrogen-bond donors (Lipinski definition) is 1. The van der Waals surface area contributed by atoms with Gasteiger partial charge in [-0.25, -0.2) is 0 Å². The van der Waals surface area contributed by atoms with Crippen molar-refractivity contribution in [3.05, 3.63) is 33.9 Å². The van der Waals surface area contributed by atoms with Gasteiger partial charge in [-0.1, -0.05) is 13.8 Å². The topological polar surface area (TPSA) is 64.4 Å². The molecular formula is C13H20N2O3. The summed E-state index contributed by atoms with van der Waals surface area (Å²) in [5.74, 6) is 1.09. The predicted octanol–water partition coefficient (Wildman–Crippen LogP) is 2.53. The molecule has 0 saturated heterocycles. The minimum Gasteiger partial charge on any atom is -0.493 e. The van der Waals surface area contributed by atoms with Gasteiger partial charge in [0.1, 0.15) is 5.75 Å². The third kappa shape index (κ3) is 4.33. The molecule has 0 amide bonds. The first-order valence-corrected chi connectivity index (χ1v) is 6.13. The monoisotopic (exact) mass is 252 g/mol. The zero-order chi connectivity index (χ0) is 13.5. The number of rotatable bonds is 7. The standard InChI is InChI=1S/C13H20N2O3/c1-4-14-8-10(2)9-18-12-5-6-13(15(16)17)11(3)7-12/h5-7,10,14H,4,8-9H2,1-3H3. The van der Waals surface area contributed by atoms with Gasteiger partial charge in [0, 0.05) is 24.1 Å². The van der Waals surface area contributed by atoms with Crippen LogP contribution >= 0.6 is 0 Å². The molecule has 1 unspecified atom stereocenters. The quantitative estimate of drug-likeness (QED) is 0.598. The van der Waals surface area contributed by atoms with Crippen LogP contribution in [0, 0.1) is 23.0 Å². The summed E-state index contributed by atoms with van der Waals surface area (Å²) in [6, 6.07) is 4.84. The second-order valence-electron chi connectivity index (χ2n) is 4.43. The van der Waals surface area contributed by atoms with Crippen molar-refractivity contribution in [2.75, 3.05) is 19.7 Å². The van der Waals surface area contributed by atoms with E-state index >= 15 is 0 Å². The molecule has 100 valence electrons. The van der Waals surface area contributed by atoms with Crippen LogP contribution in [0.3, 0.4) is 0 Å². The van der Waals surface area contributed by atoms with Crippen molar-refractivity contribution in [1.29, 1.82) is 0 Å². The van der Waals surface area contributed by atoms with Gasteiger partial charge in [-0.15, -0.1) is 0 Å². The van der Waals surface area contributed by atoms with E-state index in [1.807, 2.05) is 0 Å². The van der Waals surface area contributed by atoms with Crippen molar-refractivity contribution >= 4 is 5.69 Å². The minimum atomic E-state index is -0.382. The highest BCUT2D eigenvalue weighted by atomic mass is 16.6. The molecule has 0 bridgehead atoms. The number of benzene rings is 1. The van der Waals surface area contributed by atoms with Gasteiger partial charge < -0.3 is 10.1 Å². The molecule has 0 aliphatic rings. The van der Waals surface area contributed by atoms with Gasteiger partial charge in [-0.05, 0) is 25.6 Å². The third-order valence-electron chi connectivity index (χ3n) is 2.64. The molecule has 0 aliphatic carbocycles. The number of nitro benzene ring substituents is 1. The Hall–Kier alpha value is -1.62. The summed E-state index contributed by atoms with van der Waals surface area (Å²) in [4.78, 5) is 10.3. The summed E-state index contributed by atoms with van der Waals surface area (Å²) >= 11 is 0. The van der Waals surface area contributed by atoms with Gasteiger partial charge >= 0.3 is 0 Å². The number of nitrogens with one attached hydrogen (secondary N) is 1. The fourth-order valence-corrected chi connectivity index (χ4v) is 1.61. The summed E-state index contributed by atoms with van der Waals surface area (Å²) in [5, 5.41) is 13.9. The molecule has 5 heteroatoms. The van der Waals surface area contributed by atoms with Crippen LogP contribution in [0.5, 0.6) is 5.75 Å². The van der Waals surface area contributed by atoms with Gasteiger partial charge in [-0.3, -0.25) is 10.1 Å². The van der Waals surface area contributed by atoms with Crippen molar-refractivity contribution in [2.45, 2.75) is 20.8 Å². The Bertz CT molecular complexity index is 407. The maximum absolute atomic E-state index is 10.7. The van der Waals surface area contributed by atoms with E-state index in [-0.39, 0.29) is 10.6 Å². The van der Waals surface area contributed by atoms with Crippen molar-refractivity contribution in [3.8, 4) is 5.75 Å². The summed E-state index contributed by atoms with van der Waals surface area (Å²) in [6.07, 6.45) is 0. The average Bonchev–Trinajstić information content (AvgIpc) is 2.33. The molecule has 1 aromatic carbocycles. The first-order chi connectivity index (χ1) is 8.54. The molecule has 0 fully saturated rings. The fourth-order valence-electron chi connectivity index (χ4n) is 1.61. The van der Waals surface area contributed by atoms with Crippen LogP contribution in [0.2, 0.25) is 0 Å². The van der Waals surface area contributed by atoms with E-state index in [1.165, 1.54) is 6.07 Å². The SMILES string of the molecule is CCNCC(C)COc1ccc([N+](=O)[O-])c(C)c1. The van der Waals surface area contributed by atoms with Crippen molar-refractivity contribution < 1.29 is 9.66 Å². The minimum absolute atomic E-state index is 0.128. The van der Waals surface area contributed by atoms with E-state index in [4.69, 9.17) is 4.74 Å². The van der Waals surface area contributed by atoms with E-state index < -0.39 is 0 Å². The average molecular weight is 252 g/mol. The number of ether oxygens (including phenoxy) is 1. The van der Waals surface area contributed by atoms with E-state index in [2.05, 4.69) is 19.2 Å². The Kier molecular flexibility index (Phi) is 5.58. The van der Waals surface area contributed by atoms with Crippen molar-refractivity contribution in [3.63, 3.8) is 0 Å². The molecule has 1 atom stereocenters. The van der Waals surface area contributed by atoms with Gasteiger partial charge in [0.2, 0.25) is 0 Å². The number of aryl methyl sites for hydroxylation is 1. The Morgan fingerprint density at radius 2 is 2.22 bits per heavy atom. The molecular weight excluding hydrogens is 232 g/mol. The number of nitro groups is 1. The van der Waals surface area contributed by atoms with Gasteiger partial charge in [0.05, 0.1) is 11.5 Å². The lowest BCUT2D eigenvalue weighted by molar-refractivity contribution is -0.385. The summed E-state index contributed by atoms with van der Waals surface area (Å²) < 4.78 is 5.62. The summed E-state index contributed by atoms with van der Waals surface area (Å²) in [7, 11) is 0. The Morgan fingerprint density at radius 3 is 2.78 bits per heavy atom. The van der Waals surface area contributed by atoms with Crippen LogP contribution in [0.1, 0.15) is 19.4 Å². The molecule has 0 aliphatic heterocycles. The molecule has 18 heavy (non-hydrogen) atoms. The third-order valence-corrected chi connectivity index (χ3v) is 2.64. The summed E-state index contributed by atoms with van der Waals surface area (Å²) in [6.45, 7) is 8.33. The highest BCUT2D eigenvalue weighted by Crippen LogP contribution is 2.23. The smallest absolute Gasteiger partial charge is 0.272 e. The summed E-state index contributed by atoms with van der Waals surface area (Å²) in [5.41, 5.74) is 0.750. The van der Waals surface area contributed by atoms with Crippen LogP contribution in [0.25, 0.3) is 0 Å². The molecule has 1 aromatic rings. The Morgan fingerprint density at radius 1 is 1.50 bits per heavy atom. The van der Waals surface area contributed by atoms with Gasteiger partial charge in [-0.2, -0.15) is 0 Å². The number of hydrogen-bond acceptors (Lipinski definition) is 4. The van der Waals surface area contributed by atoms with E-state index in [0.717, 1.165) is 13.1 Å². The number of nitrogens with zero attached hydrogens (tertiary/aromatic N) is 1. The van der Waals surface area contributed by atoms with Crippen LogP contribution in [-0.4, -0.2) is 24.6 Å². The zero-order valence-corrected chi connectivity index (χ0v) is 11.1. The van der Waals surface area contributed by atoms with E-state index in [1.54, 1.807) is 19.1 Å². The molecule has 0 heterocycles. The fraction of sp³-hybridized carbons (Fsp3) is 0.538. The van der Waals surface area contributed by atoms with Crippen LogP contribution in [-0.2, 0) is 0 Å². The molecule has 0 spiro atoms. The lowest BCUT2D eigenvalue weighted by Gasteiger charge is -2.13. The van der Waals surface area contributed by atoms with Crippen molar-refractivity contribution in [2.24, 2.45) is 5.92 Å². The zero-order valence-electron chi connectivity index (χ0n) is 11.1. The molecule has 5 nitrogen and oxygen atoms in total. The highest BCUT2D eigenvalue weighted by Gasteiger charge is 2.11. The second-order valence-corrected chi connectivity index (χ2v) is 4.43. The van der Waals surface area contributed by atoms with Crippen LogP contribution < -0.4 is 10.1 Å². The Labute approximate surface area is 107 Å². The highest BCUT2D eigenvalue weighted by molar-refractivity contribution is 5.44. The molecule has 1 rings (SSSR count). The lowest BCUT2D eigenvalue weighted by atomic mass is 10.2. The first kappa shape index (κ1) is 14.4. The lowest BCUT2D eigenvalue weighted by Crippen LogP contribution is -2.24. The van der Waals surface area contributed by atoms with Gasteiger partial charge in [0.25, 0.3) is 5.69 Å². The molecule has 0 aromatic heterocycles. The molecule has 0 radical (unpaired) electrons. The van der Waals surface area contributed by atoms with Gasteiger partial charge in [0.15, 0.2) is 0 Å². The Balaban J connectivity index is 2.53. The van der Waals surface area contributed by atoms with E-state index in [0.29, 0.717) is 23.8 Å². The molecule has 0 saturated carbocycles.